The quantitative estimate of drug-likeness (QED) is 0.712. The van der Waals surface area contributed by atoms with Crippen molar-refractivity contribution in [3.05, 3.63) is 48.3 Å². The van der Waals surface area contributed by atoms with E-state index in [1.807, 2.05) is 35.4 Å². The molecule has 4 rings (SSSR count). The fourth-order valence-corrected chi connectivity index (χ4v) is 3.91. The molecule has 0 aliphatic carbocycles. The third-order valence-electron chi connectivity index (χ3n) is 5.51. The molecule has 0 saturated carbocycles. The minimum atomic E-state index is 0.147. The molecule has 7 heteroatoms. The summed E-state index contributed by atoms with van der Waals surface area (Å²) in [4.78, 5) is 29.3. The molecule has 1 amide bonds. The van der Waals surface area contributed by atoms with Crippen LogP contribution in [0.15, 0.2) is 36.7 Å². The molecule has 3 heterocycles. The number of rotatable bonds is 6. The van der Waals surface area contributed by atoms with Crippen LogP contribution in [-0.2, 0) is 17.8 Å². The first-order valence-corrected chi connectivity index (χ1v) is 9.97. The van der Waals surface area contributed by atoms with E-state index in [-0.39, 0.29) is 5.91 Å². The van der Waals surface area contributed by atoms with Gasteiger partial charge in [-0.05, 0) is 39.1 Å². The van der Waals surface area contributed by atoms with Crippen LogP contribution in [0.5, 0.6) is 0 Å². The number of piperidine rings is 1. The van der Waals surface area contributed by atoms with Crippen LogP contribution in [0.4, 0.5) is 0 Å². The summed E-state index contributed by atoms with van der Waals surface area (Å²) >= 11 is 0. The van der Waals surface area contributed by atoms with Crippen molar-refractivity contribution < 1.29 is 4.79 Å². The number of benzene rings is 1. The van der Waals surface area contributed by atoms with Gasteiger partial charge in [0.05, 0.1) is 17.5 Å². The standard InChI is InChI=1S/C21H28N6O/c1-25(2)13-14-27-12-9-22-21(27)16-7-10-26(11-8-16)20(28)15-19-23-17-5-3-4-6-18(17)24-19/h3-6,9,12,16H,7-8,10-11,13-15H2,1-2H3,(H,23,24). The summed E-state index contributed by atoms with van der Waals surface area (Å²) in [7, 11) is 4.17. The lowest BCUT2D eigenvalue weighted by Crippen LogP contribution is -2.39. The second-order valence-electron chi connectivity index (χ2n) is 7.81. The van der Waals surface area contributed by atoms with Gasteiger partial charge in [0.1, 0.15) is 11.6 Å². The van der Waals surface area contributed by atoms with Crippen LogP contribution < -0.4 is 0 Å². The number of imidazole rings is 2. The normalized spacial score (nSPS) is 15.6. The summed E-state index contributed by atoms with van der Waals surface area (Å²) in [6.07, 6.45) is 6.22. The molecule has 0 radical (unpaired) electrons. The van der Waals surface area contributed by atoms with E-state index in [1.165, 1.54) is 0 Å². The van der Waals surface area contributed by atoms with Crippen LogP contribution in [0.3, 0.4) is 0 Å². The zero-order valence-corrected chi connectivity index (χ0v) is 16.6. The maximum Gasteiger partial charge on any atom is 0.230 e. The van der Waals surface area contributed by atoms with E-state index < -0.39 is 0 Å². The number of aromatic amines is 1. The van der Waals surface area contributed by atoms with Crippen molar-refractivity contribution in [2.45, 2.75) is 31.7 Å². The summed E-state index contributed by atoms with van der Waals surface area (Å²) < 4.78 is 2.26. The number of likely N-dealkylation sites (tertiary alicyclic amines) is 1. The third kappa shape index (κ3) is 4.09. The first-order valence-electron chi connectivity index (χ1n) is 9.97. The van der Waals surface area contributed by atoms with Gasteiger partial charge in [-0.2, -0.15) is 0 Å². The Kier molecular flexibility index (Phi) is 5.43. The fourth-order valence-electron chi connectivity index (χ4n) is 3.91. The van der Waals surface area contributed by atoms with Gasteiger partial charge in [-0.15, -0.1) is 0 Å². The first kappa shape index (κ1) is 18.7. The van der Waals surface area contributed by atoms with Crippen LogP contribution in [-0.4, -0.2) is 69.0 Å². The monoisotopic (exact) mass is 380 g/mol. The third-order valence-corrected chi connectivity index (χ3v) is 5.51. The van der Waals surface area contributed by atoms with Gasteiger partial charge in [-0.25, -0.2) is 9.97 Å². The topological polar surface area (TPSA) is 70.1 Å². The Morgan fingerprint density at radius 2 is 2.04 bits per heavy atom. The number of aromatic nitrogens is 4. The number of carbonyl (C=O) groups is 1. The van der Waals surface area contributed by atoms with Crippen LogP contribution in [0.2, 0.25) is 0 Å². The summed E-state index contributed by atoms with van der Waals surface area (Å²) in [6.45, 7) is 3.51. The Hall–Kier alpha value is -2.67. The Balaban J connectivity index is 1.34. The van der Waals surface area contributed by atoms with Gasteiger partial charge in [-0.1, -0.05) is 12.1 Å². The van der Waals surface area contributed by atoms with E-state index in [2.05, 4.69) is 44.7 Å². The van der Waals surface area contributed by atoms with E-state index in [0.717, 1.165) is 61.7 Å². The van der Waals surface area contributed by atoms with E-state index in [4.69, 9.17) is 0 Å². The fraction of sp³-hybridized carbons (Fsp3) is 0.476. The summed E-state index contributed by atoms with van der Waals surface area (Å²) in [5.74, 6) is 2.47. The molecular weight excluding hydrogens is 352 g/mol. The number of amides is 1. The van der Waals surface area contributed by atoms with Gasteiger partial charge in [0.25, 0.3) is 0 Å². The van der Waals surface area contributed by atoms with Crippen molar-refractivity contribution >= 4 is 16.9 Å². The van der Waals surface area contributed by atoms with Gasteiger partial charge in [0.2, 0.25) is 5.91 Å². The van der Waals surface area contributed by atoms with Crippen molar-refractivity contribution in [1.82, 2.24) is 29.3 Å². The molecule has 3 aromatic rings. The van der Waals surface area contributed by atoms with Crippen molar-refractivity contribution in [3.8, 4) is 0 Å². The molecule has 1 fully saturated rings. The number of hydrogen-bond donors (Lipinski definition) is 1. The molecule has 0 atom stereocenters. The highest BCUT2D eigenvalue weighted by Crippen LogP contribution is 2.27. The number of nitrogens with zero attached hydrogens (tertiary/aromatic N) is 5. The van der Waals surface area contributed by atoms with Crippen LogP contribution in [0.25, 0.3) is 11.0 Å². The number of hydrogen-bond acceptors (Lipinski definition) is 4. The first-order chi connectivity index (χ1) is 13.6. The zero-order chi connectivity index (χ0) is 19.5. The number of likely N-dealkylation sites (N-methyl/N-ethyl adjacent to an activating group) is 1. The van der Waals surface area contributed by atoms with Crippen LogP contribution >= 0.6 is 0 Å². The zero-order valence-electron chi connectivity index (χ0n) is 16.6. The second kappa shape index (κ2) is 8.14. The van der Waals surface area contributed by atoms with Crippen molar-refractivity contribution in [2.75, 3.05) is 33.7 Å². The average Bonchev–Trinajstić information content (AvgIpc) is 3.32. The smallest absolute Gasteiger partial charge is 0.230 e. The molecular formula is C21H28N6O. The highest BCUT2D eigenvalue weighted by molar-refractivity contribution is 5.80. The summed E-state index contributed by atoms with van der Waals surface area (Å²) in [5.41, 5.74) is 1.89. The Bertz CT molecular complexity index is 902. The molecule has 1 aromatic carbocycles. The molecule has 1 N–H and O–H groups in total. The van der Waals surface area contributed by atoms with E-state index in [9.17, 15) is 4.79 Å². The summed E-state index contributed by atoms with van der Waals surface area (Å²) in [6, 6.07) is 7.88. The lowest BCUT2D eigenvalue weighted by molar-refractivity contribution is -0.131. The minimum Gasteiger partial charge on any atom is -0.342 e. The van der Waals surface area contributed by atoms with Gasteiger partial charge in [0.15, 0.2) is 0 Å². The van der Waals surface area contributed by atoms with Gasteiger partial charge in [0, 0.05) is 44.5 Å². The Morgan fingerprint density at radius 1 is 1.25 bits per heavy atom. The maximum absolute atomic E-state index is 12.7. The highest BCUT2D eigenvalue weighted by atomic mass is 16.2. The number of para-hydroxylation sites is 2. The maximum atomic E-state index is 12.7. The van der Waals surface area contributed by atoms with Crippen LogP contribution in [0.1, 0.15) is 30.4 Å². The number of fused-ring (bicyclic) bond motifs is 1. The second-order valence-corrected chi connectivity index (χ2v) is 7.81. The molecule has 148 valence electrons. The van der Waals surface area contributed by atoms with Gasteiger partial charge < -0.3 is 19.4 Å². The van der Waals surface area contributed by atoms with Crippen molar-refractivity contribution in [3.63, 3.8) is 0 Å². The van der Waals surface area contributed by atoms with Gasteiger partial charge in [-0.3, -0.25) is 4.79 Å². The van der Waals surface area contributed by atoms with E-state index in [1.54, 1.807) is 0 Å². The van der Waals surface area contributed by atoms with E-state index in [0.29, 0.717) is 12.3 Å². The molecule has 1 saturated heterocycles. The highest BCUT2D eigenvalue weighted by Gasteiger charge is 2.26. The van der Waals surface area contributed by atoms with Gasteiger partial charge >= 0.3 is 0 Å². The molecule has 1 aliphatic heterocycles. The summed E-state index contributed by atoms with van der Waals surface area (Å²) in [5, 5.41) is 0. The predicted octanol–water partition coefficient (Wildman–Crippen LogP) is 2.27. The van der Waals surface area contributed by atoms with Crippen LogP contribution in [0, 0.1) is 0 Å². The molecule has 0 spiro atoms. The molecule has 0 bridgehead atoms. The molecule has 2 aromatic heterocycles. The minimum absolute atomic E-state index is 0.147. The number of H-pyrrole nitrogens is 1. The van der Waals surface area contributed by atoms with E-state index >= 15 is 0 Å². The number of nitrogens with one attached hydrogen (secondary N) is 1. The van der Waals surface area contributed by atoms with Crippen molar-refractivity contribution in [2.24, 2.45) is 0 Å². The SMILES string of the molecule is CN(C)CCn1ccnc1C1CCN(C(=O)Cc2nc3ccccc3[nH]2)CC1. The predicted molar refractivity (Wildman–Crippen MR) is 109 cm³/mol. The molecule has 1 aliphatic rings. The molecule has 7 nitrogen and oxygen atoms in total. The largest absolute Gasteiger partial charge is 0.342 e. The van der Waals surface area contributed by atoms with Crippen molar-refractivity contribution in [1.29, 1.82) is 0 Å². The molecule has 28 heavy (non-hydrogen) atoms. The number of carbonyl (C=O) groups excluding carboxylic acids is 1. The molecule has 0 unspecified atom stereocenters. The lowest BCUT2D eigenvalue weighted by atomic mass is 9.95. The average molecular weight is 380 g/mol. The Labute approximate surface area is 165 Å². The Morgan fingerprint density at radius 3 is 2.79 bits per heavy atom. The lowest BCUT2D eigenvalue weighted by Gasteiger charge is -2.32.